The van der Waals surface area contributed by atoms with Gasteiger partial charge in [-0.1, -0.05) is 0 Å². The van der Waals surface area contributed by atoms with Crippen LogP contribution in [0.15, 0.2) is 5.70 Å². The van der Waals surface area contributed by atoms with Gasteiger partial charge in [-0.25, -0.2) is 4.85 Å². The van der Waals surface area contributed by atoms with E-state index in [-0.39, 0.29) is 57.1 Å². The van der Waals surface area contributed by atoms with Crippen LogP contribution in [0.3, 0.4) is 0 Å². The minimum atomic E-state index is -0.470. The van der Waals surface area contributed by atoms with E-state index >= 15 is 0 Å². The van der Waals surface area contributed by atoms with Crippen LogP contribution >= 0.6 is 0 Å². The topological polar surface area (TPSA) is 43.7 Å². The molecular weight excluding hydrogens is 143 g/mol. The van der Waals surface area contributed by atoms with Crippen molar-refractivity contribution >= 4 is 11.7 Å². The van der Waals surface area contributed by atoms with E-state index in [2.05, 4.69) is 4.85 Å². The molecule has 0 aliphatic rings. The van der Waals surface area contributed by atoms with E-state index in [0.717, 1.165) is 0 Å². The van der Waals surface area contributed by atoms with Gasteiger partial charge >= 0.3 is 51.4 Å². The van der Waals surface area contributed by atoms with Crippen molar-refractivity contribution in [3.8, 4) is 0 Å². The molecule has 0 aromatic rings. The Morgan fingerprint density at radius 1 is 1.78 bits per heavy atom. The van der Waals surface area contributed by atoms with Gasteiger partial charge in [-0.2, -0.15) is 0 Å². The summed E-state index contributed by atoms with van der Waals surface area (Å²) in [6, 6.07) is 0. The summed E-state index contributed by atoms with van der Waals surface area (Å²) in [5, 5.41) is 7.97. The Morgan fingerprint density at radius 3 is 2.22 bits per heavy atom. The summed E-state index contributed by atoms with van der Waals surface area (Å²) in [5.74, 6) is 0.994. The summed E-state index contributed by atoms with van der Waals surface area (Å²) >= 11 is 0. The zero-order chi connectivity index (χ0) is 6.57. The third kappa shape index (κ3) is 4.73. The molecule has 0 fully saturated rings. The number of rotatable bonds is 1. The number of carbonyl (C=O) groups is 1. The summed E-state index contributed by atoms with van der Waals surface area (Å²) in [7, 11) is 0. The van der Waals surface area contributed by atoms with Gasteiger partial charge in [0.15, 0.2) is 5.78 Å². The van der Waals surface area contributed by atoms with Crippen molar-refractivity contribution in [3.05, 3.63) is 22.5 Å². The molecule has 4 heteroatoms. The van der Waals surface area contributed by atoms with Gasteiger partial charge in [0.05, 0.1) is 6.57 Å². The molecule has 0 heterocycles. The van der Waals surface area contributed by atoms with Gasteiger partial charge in [-0.15, -0.1) is 0 Å². The minimum Gasteiger partial charge on any atom is -0.775 e. The summed E-state index contributed by atoms with van der Waals surface area (Å²) in [6.07, 6.45) is 0. The predicted octanol–water partition coefficient (Wildman–Crippen LogP) is -2.38. The van der Waals surface area contributed by atoms with Crippen LogP contribution in [0.5, 0.6) is 0 Å². The molecule has 3 nitrogen and oxygen atoms in total. The molecular formula is C5H3KN2O. The average molecular weight is 146 g/mol. The molecule has 0 atom stereocenters. The summed E-state index contributed by atoms with van der Waals surface area (Å²) < 4.78 is 0. The number of carbonyl (C=O) groups excluding carboxylic acids is 1. The summed E-state index contributed by atoms with van der Waals surface area (Å²) in [5.41, 5.74) is -0.356. The van der Waals surface area contributed by atoms with Crippen LogP contribution in [0.25, 0.3) is 10.3 Å². The molecule has 0 bridgehead atoms. The first-order valence-corrected chi connectivity index (χ1v) is 1.87. The quantitative estimate of drug-likeness (QED) is 0.176. The number of nitrogens with zero attached hydrogens (tertiary/aromatic N) is 2. The monoisotopic (exact) mass is 146 g/mol. The second-order valence-corrected chi connectivity index (χ2v) is 1.13. The van der Waals surface area contributed by atoms with Crippen molar-refractivity contribution in [1.82, 2.24) is 0 Å². The molecule has 0 unspecified atom stereocenters. The fourth-order valence-corrected chi connectivity index (χ4v) is 0.182. The van der Waals surface area contributed by atoms with Crippen molar-refractivity contribution in [2.45, 2.75) is 6.92 Å². The Kier molecular flexibility index (Phi) is 8.47. The molecule has 0 rings (SSSR count). The Morgan fingerprint density at radius 2 is 2.22 bits per heavy atom. The van der Waals surface area contributed by atoms with Crippen molar-refractivity contribution in [1.29, 1.82) is 0 Å². The molecule has 0 saturated carbocycles. The van der Waals surface area contributed by atoms with Crippen LogP contribution in [-0.4, -0.2) is 11.7 Å². The van der Waals surface area contributed by atoms with Gasteiger partial charge in [0.2, 0.25) is 5.70 Å². The van der Waals surface area contributed by atoms with Gasteiger partial charge in [0.1, 0.15) is 0 Å². The largest absolute Gasteiger partial charge is 1.00 e. The van der Waals surface area contributed by atoms with E-state index in [4.69, 9.17) is 12.0 Å². The number of hydrogen-bond acceptors (Lipinski definition) is 1. The van der Waals surface area contributed by atoms with Crippen LogP contribution in [0, 0.1) is 6.57 Å². The van der Waals surface area contributed by atoms with E-state index in [9.17, 15) is 4.79 Å². The van der Waals surface area contributed by atoms with Crippen LogP contribution in [-0.2, 0) is 4.79 Å². The average Bonchev–Trinajstić information content (AvgIpc) is 1.69. The molecule has 0 spiro atoms. The molecule has 0 N–H and O–H groups in total. The normalized spacial score (nSPS) is 5.78. The number of Topliss-reactive ketones (excluding diaryl/α,β-unsaturated/α-hetero) is 1. The zero-order valence-corrected chi connectivity index (χ0v) is 8.43. The van der Waals surface area contributed by atoms with E-state index in [1.807, 2.05) is 0 Å². The van der Waals surface area contributed by atoms with Crippen LogP contribution in [0.2, 0.25) is 0 Å². The molecule has 40 valence electrons. The maximum atomic E-state index is 10.1. The maximum Gasteiger partial charge on any atom is 1.00 e. The van der Waals surface area contributed by atoms with Crippen molar-refractivity contribution in [2.75, 3.05) is 0 Å². The molecule has 9 heavy (non-hydrogen) atoms. The second kappa shape index (κ2) is 6.37. The van der Waals surface area contributed by atoms with E-state index < -0.39 is 5.78 Å². The van der Waals surface area contributed by atoms with Crippen molar-refractivity contribution in [3.63, 3.8) is 0 Å². The predicted molar refractivity (Wildman–Crippen MR) is 29.2 cm³/mol. The van der Waals surface area contributed by atoms with Crippen molar-refractivity contribution < 1.29 is 56.2 Å². The summed E-state index contributed by atoms with van der Waals surface area (Å²) in [6.45, 7) is 7.43. The third-order valence-corrected chi connectivity index (χ3v) is 0.551. The summed E-state index contributed by atoms with van der Waals surface area (Å²) in [4.78, 5) is 12.8. The van der Waals surface area contributed by atoms with Gasteiger partial charge in [0.25, 0.3) is 0 Å². The Labute approximate surface area is 95.9 Å². The standard InChI is InChI=1S/C5H3N2O.K/c1-4(8)5(3-6)7-2;/h1H3;/q-1;+1. The molecule has 0 aromatic carbocycles. The third-order valence-electron chi connectivity index (χ3n) is 0.551. The van der Waals surface area contributed by atoms with E-state index in [1.54, 1.807) is 0 Å². The molecule has 0 aliphatic heterocycles. The van der Waals surface area contributed by atoms with Gasteiger partial charge in [-0.05, 0) is 6.92 Å². The molecule has 0 radical (unpaired) electrons. The molecule has 0 aromatic heterocycles. The number of hydrogen-bond donors (Lipinski definition) is 0. The fraction of sp³-hybridized carbons (Fsp3) is 0.200. The Balaban J connectivity index is 0. The minimum absolute atomic E-state index is 0. The first kappa shape index (κ1) is 12.0. The first-order valence-electron chi connectivity index (χ1n) is 1.87. The van der Waals surface area contributed by atoms with Gasteiger partial charge in [0, 0.05) is 0 Å². The van der Waals surface area contributed by atoms with Crippen LogP contribution in [0.1, 0.15) is 6.92 Å². The van der Waals surface area contributed by atoms with Crippen LogP contribution < -0.4 is 51.4 Å². The van der Waals surface area contributed by atoms with Gasteiger partial charge < -0.3 is 10.2 Å². The Hall–Kier alpha value is 0.246. The maximum absolute atomic E-state index is 10.1. The molecule has 0 aliphatic carbocycles. The number of allylic oxidation sites excluding steroid dienone is 1. The molecule has 0 saturated heterocycles. The van der Waals surface area contributed by atoms with E-state index in [0.29, 0.717) is 0 Å². The fourth-order valence-electron chi connectivity index (χ4n) is 0.182. The molecule has 0 amide bonds. The smallest absolute Gasteiger partial charge is 0.775 e. The number of ketones is 1. The first-order chi connectivity index (χ1) is 3.72. The van der Waals surface area contributed by atoms with Gasteiger partial charge in [-0.3, -0.25) is 5.87 Å². The second-order valence-electron chi connectivity index (χ2n) is 1.13. The Bertz CT molecular complexity index is 197. The van der Waals surface area contributed by atoms with Crippen LogP contribution in [0.4, 0.5) is 0 Å². The zero-order valence-electron chi connectivity index (χ0n) is 5.30. The van der Waals surface area contributed by atoms with Crippen molar-refractivity contribution in [2.24, 2.45) is 0 Å². The SMILES string of the molecule is [C-]#[N+]C(=C=[N-])C(C)=O.[K+]. The van der Waals surface area contributed by atoms with E-state index in [1.165, 1.54) is 12.8 Å².